The van der Waals surface area contributed by atoms with Crippen molar-refractivity contribution in [3.8, 4) is 0 Å². The van der Waals surface area contributed by atoms with Gasteiger partial charge in [-0.25, -0.2) is 4.98 Å². The fraction of sp³-hybridized carbons (Fsp3) is 0.111. The highest BCUT2D eigenvalue weighted by atomic mass is 35.5. The Kier molecular flexibility index (Phi) is 4.08. The van der Waals surface area contributed by atoms with Crippen LogP contribution in [0.4, 0.5) is 0 Å². The summed E-state index contributed by atoms with van der Waals surface area (Å²) in [7, 11) is 0. The van der Waals surface area contributed by atoms with Crippen LogP contribution in [-0.4, -0.2) is 15.8 Å². The van der Waals surface area contributed by atoms with Gasteiger partial charge in [-0.3, -0.25) is 9.36 Å². The van der Waals surface area contributed by atoms with Crippen LogP contribution in [0.3, 0.4) is 0 Å². The molecule has 0 spiro atoms. The number of hydrogen-bond acceptors (Lipinski definition) is 4. The fourth-order valence-corrected chi connectivity index (χ4v) is 4.58. The molecule has 120 valence electrons. The first-order valence-corrected chi connectivity index (χ1v) is 9.80. The minimum Gasteiger partial charge on any atom is -0.282 e. The number of nitrogens with zero attached hydrogens (tertiary/aromatic N) is 2. The molecule has 0 saturated heterocycles. The Morgan fingerprint density at radius 3 is 2.71 bits per heavy atom. The molecule has 0 aliphatic rings. The van der Waals surface area contributed by atoms with E-state index in [1.54, 1.807) is 4.57 Å². The number of thioether (sulfide) groups is 1. The van der Waals surface area contributed by atoms with Gasteiger partial charge in [0.2, 0.25) is 0 Å². The van der Waals surface area contributed by atoms with Crippen molar-refractivity contribution in [2.75, 3.05) is 6.26 Å². The Bertz CT molecular complexity index is 1120. The molecule has 2 aromatic carbocycles. The first kappa shape index (κ1) is 15.7. The lowest BCUT2D eigenvalue weighted by atomic mass is 10.2. The van der Waals surface area contributed by atoms with Crippen molar-refractivity contribution in [1.82, 2.24) is 9.55 Å². The molecule has 0 unspecified atom stereocenters. The zero-order valence-corrected chi connectivity index (χ0v) is 15.2. The second-order valence-corrected chi connectivity index (χ2v) is 7.59. The molecule has 2 aromatic heterocycles. The highest BCUT2D eigenvalue weighted by Gasteiger charge is 2.16. The first-order valence-electron chi connectivity index (χ1n) is 7.38. The number of thiophene rings is 1. The number of halogens is 1. The van der Waals surface area contributed by atoms with Crippen LogP contribution in [-0.2, 0) is 6.54 Å². The summed E-state index contributed by atoms with van der Waals surface area (Å²) < 4.78 is 3.49. The minimum atomic E-state index is -0.00882. The summed E-state index contributed by atoms with van der Waals surface area (Å²) in [4.78, 5) is 17.8. The highest BCUT2D eigenvalue weighted by Crippen LogP contribution is 2.31. The van der Waals surface area contributed by atoms with E-state index in [1.165, 1.54) is 23.1 Å². The van der Waals surface area contributed by atoms with Gasteiger partial charge in [-0.05, 0) is 24.0 Å². The molecule has 2 heterocycles. The van der Waals surface area contributed by atoms with Crippen molar-refractivity contribution in [2.45, 2.75) is 11.7 Å². The maximum Gasteiger partial charge on any atom is 0.272 e. The lowest BCUT2D eigenvalue weighted by molar-refractivity contribution is 0.661. The average molecular weight is 373 g/mol. The highest BCUT2D eigenvalue weighted by molar-refractivity contribution is 7.98. The van der Waals surface area contributed by atoms with Gasteiger partial charge < -0.3 is 0 Å². The SMILES string of the molecule is CSc1nc2c(sc3ccccc32)c(=O)n1Cc1ccccc1Cl. The van der Waals surface area contributed by atoms with E-state index in [0.717, 1.165) is 21.2 Å². The number of benzene rings is 2. The van der Waals surface area contributed by atoms with Crippen molar-refractivity contribution in [3.05, 3.63) is 69.5 Å². The zero-order valence-electron chi connectivity index (χ0n) is 12.8. The van der Waals surface area contributed by atoms with Crippen molar-refractivity contribution < 1.29 is 0 Å². The monoisotopic (exact) mass is 372 g/mol. The third-order valence-corrected chi connectivity index (χ3v) is 6.11. The smallest absolute Gasteiger partial charge is 0.272 e. The van der Waals surface area contributed by atoms with E-state index in [1.807, 2.05) is 54.8 Å². The van der Waals surface area contributed by atoms with Crippen LogP contribution in [0.25, 0.3) is 20.3 Å². The molecular formula is C18H13ClN2OS2. The Hall–Kier alpha value is -1.82. The molecule has 0 saturated carbocycles. The molecule has 0 amide bonds. The molecule has 6 heteroatoms. The molecule has 0 aliphatic carbocycles. The molecule has 0 aliphatic heterocycles. The van der Waals surface area contributed by atoms with Gasteiger partial charge in [0.1, 0.15) is 4.70 Å². The molecule has 0 fully saturated rings. The van der Waals surface area contributed by atoms with Crippen LogP contribution in [0.15, 0.2) is 58.5 Å². The number of rotatable bonds is 3. The predicted octanol–water partition coefficient (Wildman–Crippen LogP) is 5.03. The summed E-state index contributed by atoms with van der Waals surface area (Å²) in [6.45, 7) is 0.422. The molecule has 4 aromatic rings. The van der Waals surface area contributed by atoms with Gasteiger partial charge in [0.05, 0.1) is 12.1 Å². The minimum absolute atomic E-state index is 0.00882. The van der Waals surface area contributed by atoms with Crippen LogP contribution in [0.2, 0.25) is 5.02 Å². The topological polar surface area (TPSA) is 34.9 Å². The standard InChI is InChI=1S/C18H13ClN2OS2/c1-23-18-20-15-12-7-3-5-9-14(12)24-16(15)17(22)21(18)10-11-6-2-4-8-13(11)19/h2-9H,10H2,1H3. The molecule has 4 rings (SSSR count). The summed E-state index contributed by atoms with van der Waals surface area (Å²) in [5, 5.41) is 2.40. The lowest BCUT2D eigenvalue weighted by Gasteiger charge is -2.11. The predicted molar refractivity (Wildman–Crippen MR) is 104 cm³/mol. The average Bonchev–Trinajstić information content (AvgIpc) is 2.98. The first-order chi connectivity index (χ1) is 11.7. The normalized spacial score (nSPS) is 11.4. The van der Waals surface area contributed by atoms with Gasteiger partial charge in [-0.2, -0.15) is 0 Å². The van der Waals surface area contributed by atoms with Crippen LogP contribution < -0.4 is 5.56 Å². The summed E-state index contributed by atoms with van der Waals surface area (Å²) in [5.74, 6) is 0. The van der Waals surface area contributed by atoms with E-state index >= 15 is 0 Å². The molecular weight excluding hydrogens is 360 g/mol. The number of hydrogen-bond donors (Lipinski definition) is 0. The van der Waals surface area contributed by atoms with Gasteiger partial charge in [0, 0.05) is 15.1 Å². The molecule has 0 radical (unpaired) electrons. The van der Waals surface area contributed by atoms with Crippen LogP contribution in [0.5, 0.6) is 0 Å². The maximum absolute atomic E-state index is 13.1. The van der Waals surface area contributed by atoms with E-state index in [4.69, 9.17) is 16.6 Å². The van der Waals surface area contributed by atoms with E-state index < -0.39 is 0 Å². The van der Waals surface area contributed by atoms with Gasteiger partial charge >= 0.3 is 0 Å². The van der Waals surface area contributed by atoms with Gasteiger partial charge in [-0.15, -0.1) is 11.3 Å². The summed E-state index contributed by atoms with van der Waals surface area (Å²) in [6, 6.07) is 15.6. The zero-order chi connectivity index (χ0) is 16.7. The van der Waals surface area contributed by atoms with Crippen molar-refractivity contribution in [2.24, 2.45) is 0 Å². The Morgan fingerprint density at radius 1 is 1.17 bits per heavy atom. The van der Waals surface area contributed by atoms with E-state index in [0.29, 0.717) is 21.4 Å². The largest absolute Gasteiger partial charge is 0.282 e. The van der Waals surface area contributed by atoms with E-state index in [2.05, 4.69) is 0 Å². The summed E-state index contributed by atoms with van der Waals surface area (Å²) >= 11 is 9.24. The van der Waals surface area contributed by atoms with E-state index in [9.17, 15) is 4.79 Å². The van der Waals surface area contributed by atoms with Crippen molar-refractivity contribution >= 4 is 55.0 Å². The molecule has 3 nitrogen and oxygen atoms in total. The molecule has 0 atom stereocenters. The number of fused-ring (bicyclic) bond motifs is 3. The van der Waals surface area contributed by atoms with Gasteiger partial charge in [0.25, 0.3) is 5.56 Å². The Balaban J connectivity index is 1.98. The quantitative estimate of drug-likeness (QED) is 0.373. The van der Waals surface area contributed by atoms with Crippen molar-refractivity contribution in [1.29, 1.82) is 0 Å². The Morgan fingerprint density at radius 2 is 1.92 bits per heavy atom. The lowest BCUT2D eigenvalue weighted by Crippen LogP contribution is -2.23. The maximum atomic E-state index is 13.1. The van der Waals surface area contributed by atoms with Gasteiger partial charge in [0.15, 0.2) is 5.16 Å². The molecule has 0 bridgehead atoms. The summed E-state index contributed by atoms with van der Waals surface area (Å²) in [6.07, 6.45) is 1.94. The van der Waals surface area contributed by atoms with Gasteiger partial charge in [-0.1, -0.05) is 59.8 Å². The van der Waals surface area contributed by atoms with Crippen LogP contribution in [0, 0.1) is 0 Å². The summed E-state index contributed by atoms with van der Waals surface area (Å²) in [5.41, 5.74) is 1.70. The van der Waals surface area contributed by atoms with Crippen molar-refractivity contribution in [3.63, 3.8) is 0 Å². The second-order valence-electron chi connectivity index (χ2n) is 5.36. The number of aromatic nitrogens is 2. The molecule has 24 heavy (non-hydrogen) atoms. The molecule has 0 N–H and O–H groups in total. The second kappa shape index (κ2) is 6.24. The van der Waals surface area contributed by atoms with Crippen LogP contribution >= 0.6 is 34.7 Å². The third-order valence-electron chi connectivity index (χ3n) is 3.92. The fourth-order valence-electron chi connectivity index (χ4n) is 2.75. The Labute approximate surface area is 151 Å². The third kappa shape index (κ3) is 2.53. The van der Waals surface area contributed by atoms with Crippen LogP contribution in [0.1, 0.15) is 5.56 Å². The van der Waals surface area contributed by atoms with E-state index in [-0.39, 0.29) is 5.56 Å².